The number of hydrogen-bond acceptors (Lipinski definition) is 5. The number of rotatable bonds is 5. The smallest absolute Gasteiger partial charge is 0.414 e. The Kier molecular flexibility index (Phi) is 6.31. The van der Waals surface area contributed by atoms with Gasteiger partial charge in [0.2, 0.25) is 11.7 Å². The maximum absolute atomic E-state index is 15.0. The molecule has 0 bridgehead atoms. The molecule has 9 nitrogen and oxygen atoms in total. The number of aromatic nitrogens is 2. The zero-order chi connectivity index (χ0) is 23.5. The van der Waals surface area contributed by atoms with E-state index in [9.17, 15) is 9.59 Å². The summed E-state index contributed by atoms with van der Waals surface area (Å²) in [6, 6.07) is 4.71. The highest BCUT2D eigenvalue weighted by Crippen LogP contribution is 2.32. The SMILES string of the molecule is [C-]#[N+]C(=C1CCN(c2ccc(N3C[C@H](CNC(C)=O)OC3=O)cc2F)CC1)n1ccnc1C. The summed E-state index contributed by atoms with van der Waals surface area (Å²) in [5, 5.41) is 2.62. The molecule has 172 valence electrons. The van der Waals surface area contributed by atoms with Gasteiger partial charge in [0.1, 0.15) is 11.9 Å². The Morgan fingerprint density at radius 1 is 1.36 bits per heavy atom. The highest BCUT2D eigenvalue weighted by atomic mass is 19.1. The molecular weight excluding hydrogens is 427 g/mol. The fraction of sp³-hybridized carbons (Fsp3) is 0.391. The van der Waals surface area contributed by atoms with Gasteiger partial charge in [0.15, 0.2) is 5.82 Å². The number of anilines is 2. The first-order valence-electron chi connectivity index (χ1n) is 10.7. The molecule has 33 heavy (non-hydrogen) atoms. The number of nitrogens with one attached hydrogen (secondary N) is 1. The number of piperidine rings is 1. The van der Waals surface area contributed by atoms with E-state index in [2.05, 4.69) is 15.1 Å². The second-order valence-corrected chi connectivity index (χ2v) is 8.06. The first kappa shape index (κ1) is 22.3. The van der Waals surface area contributed by atoms with Crippen LogP contribution in [0.15, 0.2) is 36.2 Å². The van der Waals surface area contributed by atoms with Crippen molar-refractivity contribution in [3.63, 3.8) is 0 Å². The van der Waals surface area contributed by atoms with Crippen LogP contribution in [-0.4, -0.2) is 53.8 Å². The van der Waals surface area contributed by atoms with E-state index in [4.69, 9.17) is 11.3 Å². The average molecular weight is 452 g/mol. The van der Waals surface area contributed by atoms with Crippen LogP contribution >= 0.6 is 0 Å². The lowest BCUT2D eigenvalue weighted by Gasteiger charge is -2.31. The Labute approximate surface area is 191 Å². The lowest BCUT2D eigenvalue weighted by molar-refractivity contribution is -0.119. The van der Waals surface area contributed by atoms with Crippen molar-refractivity contribution in [1.82, 2.24) is 14.9 Å². The zero-order valence-corrected chi connectivity index (χ0v) is 18.5. The molecule has 4 rings (SSSR count). The topological polar surface area (TPSA) is 84.1 Å². The number of cyclic esters (lactones) is 1. The van der Waals surface area contributed by atoms with Gasteiger partial charge in [-0.1, -0.05) is 6.57 Å². The van der Waals surface area contributed by atoms with Crippen molar-refractivity contribution in [2.75, 3.05) is 36.0 Å². The molecule has 2 aliphatic heterocycles. The van der Waals surface area contributed by atoms with Crippen LogP contribution in [0.25, 0.3) is 10.7 Å². The number of aryl methyl sites for hydroxylation is 1. The number of carbonyl (C=O) groups is 2. The van der Waals surface area contributed by atoms with Crippen LogP contribution in [0.4, 0.5) is 20.6 Å². The molecule has 0 unspecified atom stereocenters. The molecule has 3 heterocycles. The third-order valence-electron chi connectivity index (χ3n) is 5.88. The molecule has 1 aromatic heterocycles. The minimum absolute atomic E-state index is 0.205. The normalized spacial score (nSPS) is 18.2. The molecule has 2 fully saturated rings. The molecule has 2 amide bonds. The van der Waals surface area contributed by atoms with Crippen molar-refractivity contribution >= 4 is 29.2 Å². The van der Waals surface area contributed by atoms with Crippen LogP contribution in [0.1, 0.15) is 25.6 Å². The van der Waals surface area contributed by atoms with Crippen LogP contribution in [0.5, 0.6) is 0 Å². The van der Waals surface area contributed by atoms with Gasteiger partial charge in [0, 0.05) is 26.9 Å². The molecule has 1 atom stereocenters. The van der Waals surface area contributed by atoms with Gasteiger partial charge in [-0.05, 0) is 36.6 Å². The number of amides is 2. The number of ether oxygens (including phenoxy) is 1. The largest absolute Gasteiger partial charge is 0.442 e. The molecule has 0 radical (unpaired) electrons. The molecule has 2 aromatic rings. The second kappa shape index (κ2) is 9.32. The molecule has 10 heteroatoms. The fourth-order valence-corrected chi connectivity index (χ4v) is 4.16. The van der Waals surface area contributed by atoms with E-state index in [-0.39, 0.29) is 19.0 Å². The van der Waals surface area contributed by atoms with E-state index in [1.165, 1.54) is 17.9 Å². The monoisotopic (exact) mass is 452 g/mol. The molecule has 0 saturated carbocycles. The first-order valence-corrected chi connectivity index (χ1v) is 10.7. The summed E-state index contributed by atoms with van der Waals surface area (Å²) in [5.41, 5.74) is 1.91. The van der Waals surface area contributed by atoms with Crippen LogP contribution in [0.2, 0.25) is 0 Å². The minimum Gasteiger partial charge on any atom is -0.442 e. The van der Waals surface area contributed by atoms with Crippen molar-refractivity contribution in [3.8, 4) is 0 Å². The van der Waals surface area contributed by atoms with Crippen molar-refractivity contribution in [3.05, 3.63) is 59.2 Å². The molecule has 0 aliphatic carbocycles. The number of benzene rings is 1. The van der Waals surface area contributed by atoms with Gasteiger partial charge in [0.25, 0.3) is 0 Å². The highest BCUT2D eigenvalue weighted by Gasteiger charge is 2.33. The number of halogens is 1. The summed E-state index contributed by atoms with van der Waals surface area (Å²) in [7, 11) is 0. The molecule has 1 N–H and O–H groups in total. The van der Waals surface area contributed by atoms with Crippen LogP contribution in [0, 0.1) is 19.3 Å². The summed E-state index contributed by atoms with van der Waals surface area (Å²) < 4.78 is 22.1. The molecular formula is C23H25FN6O3. The Balaban J connectivity index is 1.44. The van der Waals surface area contributed by atoms with Crippen molar-refractivity contribution in [2.45, 2.75) is 32.8 Å². The Morgan fingerprint density at radius 2 is 2.12 bits per heavy atom. The van der Waals surface area contributed by atoms with Crippen molar-refractivity contribution < 1.29 is 18.7 Å². The zero-order valence-electron chi connectivity index (χ0n) is 18.5. The van der Waals surface area contributed by atoms with E-state index in [1.54, 1.807) is 29.1 Å². The number of hydrogen-bond donors (Lipinski definition) is 1. The Bertz CT molecular complexity index is 1140. The van der Waals surface area contributed by atoms with E-state index in [0.29, 0.717) is 43.1 Å². The number of nitrogens with zero attached hydrogens (tertiary/aromatic N) is 5. The van der Waals surface area contributed by atoms with Gasteiger partial charge < -0.3 is 19.8 Å². The predicted molar refractivity (Wildman–Crippen MR) is 121 cm³/mol. The van der Waals surface area contributed by atoms with Crippen LogP contribution in [0.3, 0.4) is 0 Å². The summed E-state index contributed by atoms with van der Waals surface area (Å²) in [5.74, 6) is 0.705. The van der Waals surface area contributed by atoms with Gasteiger partial charge in [-0.3, -0.25) is 14.3 Å². The van der Waals surface area contributed by atoms with Gasteiger partial charge >= 0.3 is 6.09 Å². The first-order chi connectivity index (χ1) is 15.9. The van der Waals surface area contributed by atoms with E-state index in [1.807, 2.05) is 11.8 Å². The molecule has 2 aliphatic rings. The summed E-state index contributed by atoms with van der Waals surface area (Å²) >= 11 is 0. The van der Waals surface area contributed by atoms with Crippen LogP contribution in [-0.2, 0) is 9.53 Å². The highest BCUT2D eigenvalue weighted by molar-refractivity contribution is 5.90. The summed E-state index contributed by atoms with van der Waals surface area (Å²) in [6.45, 7) is 12.5. The standard InChI is InChI=1S/C23H25FN6O3/c1-15-26-8-11-29(15)22(25-3)17-6-9-28(10-7-17)21-5-4-18(12-20(21)24)30-14-19(33-23(30)32)13-27-16(2)31/h4-5,8,11-12,19H,6-7,9-10,13-14H2,1-2H3,(H,27,31)/t19-/m0/s1. The lowest BCUT2D eigenvalue weighted by Crippen LogP contribution is -2.33. The second-order valence-electron chi connectivity index (χ2n) is 8.06. The summed E-state index contributed by atoms with van der Waals surface area (Å²) in [6.07, 6.45) is 3.72. The van der Waals surface area contributed by atoms with E-state index in [0.717, 1.165) is 11.4 Å². The van der Waals surface area contributed by atoms with Gasteiger partial charge in [0.05, 0.1) is 36.9 Å². The lowest BCUT2D eigenvalue weighted by atomic mass is 10.0. The van der Waals surface area contributed by atoms with Crippen molar-refractivity contribution in [1.29, 1.82) is 0 Å². The fourth-order valence-electron chi connectivity index (χ4n) is 4.16. The average Bonchev–Trinajstić information content (AvgIpc) is 3.39. The number of imidazole rings is 1. The number of carbonyl (C=O) groups excluding carboxylic acids is 2. The quantitative estimate of drug-likeness (QED) is 0.705. The molecule has 1 aromatic carbocycles. The maximum Gasteiger partial charge on any atom is 0.414 e. The van der Waals surface area contributed by atoms with Crippen LogP contribution < -0.4 is 15.1 Å². The van der Waals surface area contributed by atoms with Gasteiger partial charge in [-0.2, -0.15) is 0 Å². The van der Waals surface area contributed by atoms with E-state index >= 15 is 4.39 Å². The van der Waals surface area contributed by atoms with Gasteiger partial charge in [-0.25, -0.2) is 14.2 Å². The molecule has 0 spiro atoms. The van der Waals surface area contributed by atoms with E-state index < -0.39 is 18.0 Å². The predicted octanol–water partition coefficient (Wildman–Crippen LogP) is 3.18. The third-order valence-corrected chi connectivity index (χ3v) is 5.88. The Morgan fingerprint density at radius 3 is 2.73 bits per heavy atom. The Hall–Kier alpha value is -3.87. The van der Waals surface area contributed by atoms with Crippen molar-refractivity contribution in [2.24, 2.45) is 0 Å². The third kappa shape index (κ3) is 4.67. The van der Waals surface area contributed by atoms with Gasteiger partial charge in [-0.15, -0.1) is 0 Å². The molecule has 2 saturated heterocycles. The summed E-state index contributed by atoms with van der Waals surface area (Å²) in [4.78, 5) is 34.5. The maximum atomic E-state index is 15.0. The minimum atomic E-state index is -0.563.